The highest BCUT2D eigenvalue weighted by Crippen LogP contribution is 2.33. The van der Waals surface area contributed by atoms with E-state index in [9.17, 15) is 22.4 Å². The molecule has 8 nitrogen and oxygen atoms in total. The summed E-state index contributed by atoms with van der Waals surface area (Å²) in [7, 11) is -3.12. The molecule has 1 aliphatic rings. The van der Waals surface area contributed by atoms with E-state index in [0.717, 1.165) is 11.3 Å². The standard InChI is InChI=1S/C20H20FN3O5S2/c1-11-8-16(24(23-11)13-6-7-31(27,28)10-13)22-17(25)9-29-20(26)19-12(2)18-14(21)4-3-5-15(18)30-19/h3-5,8,13H,6-7,9-10H2,1-2H3,(H,22,25). The van der Waals surface area contributed by atoms with Crippen molar-refractivity contribution in [3.8, 4) is 0 Å². The molecule has 1 amide bonds. The number of ether oxygens (including phenoxy) is 1. The fraction of sp³-hybridized carbons (Fsp3) is 0.350. The number of amides is 1. The smallest absolute Gasteiger partial charge is 0.349 e. The van der Waals surface area contributed by atoms with Gasteiger partial charge in [-0.1, -0.05) is 6.07 Å². The van der Waals surface area contributed by atoms with Crippen LogP contribution in [-0.2, 0) is 19.4 Å². The summed E-state index contributed by atoms with van der Waals surface area (Å²) >= 11 is 1.11. The van der Waals surface area contributed by atoms with Crippen LogP contribution in [0.4, 0.5) is 10.2 Å². The van der Waals surface area contributed by atoms with Crippen molar-refractivity contribution in [2.75, 3.05) is 23.4 Å². The van der Waals surface area contributed by atoms with Gasteiger partial charge in [0.1, 0.15) is 16.5 Å². The maximum atomic E-state index is 14.0. The number of benzene rings is 1. The number of carbonyl (C=O) groups excluding carboxylic acids is 2. The number of aromatic nitrogens is 2. The van der Waals surface area contributed by atoms with Gasteiger partial charge in [0.15, 0.2) is 16.4 Å². The van der Waals surface area contributed by atoms with Crippen molar-refractivity contribution in [1.82, 2.24) is 9.78 Å². The van der Waals surface area contributed by atoms with E-state index < -0.39 is 34.1 Å². The third-order valence-corrected chi connectivity index (χ3v) is 8.09. The van der Waals surface area contributed by atoms with E-state index in [1.54, 1.807) is 32.0 Å². The van der Waals surface area contributed by atoms with Crippen molar-refractivity contribution in [2.24, 2.45) is 0 Å². The first-order valence-corrected chi connectivity index (χ1v) is 12.2. The average molecular weight is 466 g/mol. The summed E-state index contributed by atoms with van der Waals surface area (Å²) in [5.74, 6) is -1.31. The van der Waals surface area contributed by atoms with E-state index in [1.165, 1.54) is 10.7 Å². The number of hydrogen-bond donors (Lipinski definition) is 1. The molecule has 31 heavy (non-hydrogen) atoms. The number of hydrogen-bond acceptors (Lipinski definition) is 7. The molecule has 1 unspecified atom stereocenters. The number of carbonyl (C=O) groups is 2. The third kappa shape index (κ3) is 4.33. The van der Waals surface area contributed by atoms with Crippen LogP contribution in [0.15, 0.2) is 24.3 Å². The molecular formula is C20H20FN3O5S2. The number of nitrogens with one attached hydrogen (secondary N) is 1. The van der Waals surface area contributed by atoms with Gasteiger partial charge < -0.3 is 10.1 Å². The highest BCUT2D eigenvalue weighted by molar-refractivity contribution is 7.91. The Hall–Kier alpha value is -2.79. The quantitative estimate of drug-likeness (QED) is 0.581. The van der Waals surface area contributed by atoms with Crippen LogP contribution in [0.25, 0.3) is 10.1 Å². The van der Waals surface area contributed by atoms with Crippen molar-refractivity contribution in [3.05, 3.63) is 46.2 Å². The van der Waals surface area contributed by atoms with Crippen molar-refractivity contribution in [3.63, 3.8) is 0 Å². The largest absolute Gasteiger partial charge is 0.451 e. The van der Waals surface area contributed by atoms with Crippen LogP contribution < -0.4 is 5.32 Å². The fourth-order valence-electron chi connectivity index (χ4n) is 3.68. The molecule has 164 valence electrons. The van der Waals surface area contributed by atoms with Crippen molar-refractivity contribution in [2.45, 2.75) is 26.3 Å². The summed E-state index contributed by atoms with van der Waals surface area (Å²) in [6.07, 6.45) is 0.420. The molecule has 1 saturated heterocycles. The minimum Gasteiger partial charge on any atom is -0.451 e. The van der Waals surface area contributed by atoms with Crippen LogP contribution in [-0.4, -0.2) is 48.2 Å². The zero-order valence-electron chi connectivity index (χ0n) is 16.8. The van der Waals surface area contributed by atoms with E-state index in [1.807, 2.05) is 0 Å². The van der Waals surface area contributed by atoms with Gasteiger partial charge in [-0.15, -0.1) is 11.3 Å². The average Bonchev–Trinajstić information content (AvgIpc) is 3.35. The van der Waals surface area contributed by atoms with E-state index in [4.69, 9.17) is 4.74 Å². The first-order valence-electron chi connectivity index (χ1n) is 9.56. The van der Waals surface area contributed by atoms with Crippen molar-refractivity contribution in [1.29, 1.82) is 0 Å². The summed E-state index contributed by atoms with van der Waals surface area (Å²) in [6.45, 7) is 2.83. The number of aryl methyl sites for hydroxylation is 2. The lowest BCUT2D eigenvalue weighted by Crippen LogP contribution is -2.24. The van der Waals surface area contributed by atoms with Crippen LogP contribution in [0.3, 0.4) is 0 Å². The molecule has 0 radical (unpaired) electrons. The molecule has 0 saturated carbocycles. The Bertz CT molecular complexity index is 1300. The van der Waals surface area contributed by atoms with Gasteiger partial charge in [-0.05, 0) is 38.0 Å². The SMILES string of the molecule is Cc1cc(NC(=O)COC(=O)c2sc3cccc(F)c3c2C)n(C2CCS(=O)(=O)C2)n1. The number of nitrogens with zero attached hydrogens (tertiary/aromatic N) is 2. The molecule has 0 bridgehead atoms. The van der Waals surface area contributed by atoms with Gasteiger partial charge >= 0.3 is 5.97 Å². The van der Waals surface area contributed by atoms with E-state index in [2.05, 4.69) is 10.4 Å². The maximum absolute atomic E-state index is 14.0. The Morgan fingerprint density at radius 1 is 1.35 bits per heavy atom. The second-order valence-corrected chi connectivity index (χ2v) is 10.7. The molecule has 11 heteroatoms. The number of thiophene rings is 1. The highest BCUT2D eigenvalue weighted by atomic mass is 32.2. The zero-order chi connectivity index (χ0) is 22.3. The number of sulfone groups is 1. The zero-order valence-corrected chi connectivity index (χ0v) is 18.5. The number of rotatable bonds is 5. The summed E-state index contributed by atoms with van der Waals surface area (Å²) in [5, 5.41) is 7.29. The van der Waals surface area contributed by atoms with Gasteiger partial charge in [-0.25, -0.2) is 22.3 Å². The monoisotopic (exact) mass is 465 g/mol. The Kier molecular flexibility index (Phi) is 5.56. The Labute approximate surface area is 181 Å². The van der Waals surface area contributed by atoms with Gasteiger partial charge in [0.2, 0.25) is 0 Å². The van der Waals surface area contributed by atoms with Gasteiger partial charge in [-0.2, -0.15) is 5.10 Å². The second-order valence-electron chi connectivity index (χ2n) is 7.47. The fourth-order valence-corrected chi connectivity index (χ4v) is 6.49. The Morgan fingerprint density at radius 3 is 2.81 bits per heavy atom. The molecule has 3 heterocycles. The van der Waals surface area contributed by atoms with E-state index >= 15 is 0 Å². The molecule has 1 aliphatic heterocycles. The first-order chi connectivity index (χ1) is 14.6. The first kappa shape index (κ1) is 21.4. The lowest BCUT2D eigenvalue weighted by molar-refractivity contribution is -0.119. The Balaban J connectivity index is 1.43. The molecule has 0 spiro atoms. The summed E-state index contributed by atoms with van der Waals surface area (Å²) < 4.78 is 44.8. The van der Waals surface area contributed by atoms with Crippen molar-refractivity contribution >= 4 is 49.0 Å². The van der Waals surface area contributed by atoms with Gasteiger partial charge in [0, 0.05) is 16.2 Å². The molecule has 1 atom stereocenters. The van der Waals surface area contributed by atoms with Gasteiger partial charge in [-0.3, -0.25) is 4.79 Å². The van der Waals surface area contributed by atoms with Crippen LogP contribution in [0.1, 0.15) is 33.4 Å². The van der Waals surface area contributed by atoms with Crippen molar-refractivity contribution < 1.29 is 27.1 Å². The number of halogens is 1. The summed E-state index contributed by atoms with van der Waals surface area (Å²) in [4.78, 5) is 25.1. The molecule has 1 aromatic carbocycles. The lowest BCUT2D eigenvalue weighted by atomic mass is 10.1. The predicted octanol–water partition coefficient (Wildman–Crippen LogP) is 3.01. The predicted molar refractivity (Wildman–Crippen MR) is 115 cm³/mol. The molecule has 3 aromatic rings. The summed E-state index contributed by atoms with van der Waals surface area (Å²) in [6, 6.07) is 5.88. The minimum absolute atomic E-state index is 0.0340. The molecular weight excluding hydrogens is 445 g/mol. The van der Waals surface area contributed by atoms with Crippen LogP contribution in [0.5, 0.6) is 0 Å². The van der Waals surface area contributed by atoms with E-state index in [0.29, 0.717) is 33.6 Å². The number of fused-ring (bicyclic) bond motifs is 1. The molecule has 1 N–H and O–H groups in total. The minimum atomic E-state index is -3.12. The van der Waals surface area contributed by atoms with E-state index in [-0.39, 0.29) is 22.4 Å². The third-order valence-electron chi connectivity index (χ3n) is 5.10. The van der Waals surface area contributed by atoms with Crippen LogP contribution >= 0.6 is 11.3 Å². The number of anilines is 1. The topological polar surface area (TPSA) is 107 Å². The maximum Gasteiger partial charge on any atom is 0.349 e. The van der Waals surface area contributed by atoms with Crippen LogP contribution in [0.2, 0.25) is 0 Å². The molecule has 1 fully saturated rings. The van der Waals surface area contributed by atoms with Gasteiger partial charge in [0.25, 0.3) is 5.91 Å². The second kappa shape index (κ2) is 8.04. The highest BCUT2D eigenvalue weighted by Gasteiger charge is 2.31. The molecule has 0 aliphatic carbocycles. The molecule has 2 aromatic heterocycles. The lowest BCUT2D eigenvalue weighted by Gasteiger charge is -2.13. The summed E-state index contributed by atoms with van der Waals surface area (Å²) in [5.41, 5.74) is 1.10. The van der Waals surface area contributed by atoms with Crippen LogP contribution in [0, 0.1) is 19.7 Å². The Morgan fingerprint density at radius 2 is 2.13 bits per heavy atom. The normalized spacial score (nSPS) is 17.7. The number of esters is 1. The molecule has 4 rings (SSSR count). The van der Waals surface area contributed by atoms with Gasteiger partial charge in [0.05, 0.1) is 23.2 Å².